The number of hydrogen-bond donors (Lipinski definition) is 1. The summed E-state index contributed by atoms with van der Waals surface area (Å²) in [6.07, 6.45) is 7.55. The van der Waals surface area contributed by atoms with Crippen LogP contribution in [0.5, 0.6) is 0 Å². The van der Waals surface area contributed by atoms with Crippen molar-refractivity contribution < 1.29 is 0 Å². The van der Waals surface area contributed by atoms with Crippen molar-refractivity contribution in [2.45, 2.75) is 25.8 Å². The van der Waals surface area contributed by atoms with Gasteiger partial charge in [0.2, 0.25) is 0 Å². The Morgan fingerprint density at radius 3 is 2.94 bits per heavy atom. The Bertz CT molecular complexity index is 475. The molecule has 0 aromatic carbocycles. The number of nitrogens with zero attached hydrogens (tertiary/aromatic N) is 3. The molecule has 4 nitrogen and oxygen atoms in total. The van der Waals surface area contributed by atoms with E-state index < -0.39 is 0 Å². The van der Waals surface area contributed by atoms with Crippen LogP contribution in [0.25, 0.3) is 0 Å². The minimum absolute atomic E-state index is 0.265. The molecule has 96 valence electrons. The molecule has 2 aromatic rings. The summed E-state index contributed by atoms with van der Waals surface area (Å²) in [6, 6.07) is 2.36. The van der Waals surface area contributed by atoms with Gasteiger partial charge in [0.15, 0.2) is 0 Å². The fourth-order valence-corrected chi connectivity index (χ4v) is 2.71. The first-order valence-corrected chi connectivity index (χ1v) is 7.46. The van der Waals surface area contributed by atoms with Crippen LogP contribution in [0.15, 0.2) is 29.1 Å². The van der Waals surface area contributed by atoms with Gasteiger partial charge in [-0.1, -0.05) is 11.4 Å². The number of hydrogen-bond acceptors (Lipinski definition) is 5. The van der Waals surface area contributed by atoms with Crippen molar-refractivity contribution in [1.29, 1.82) is 0 Å². The summed E-state index contributed by atoms with van der Waals surface area (Å²) in [5.41, 5.74) is 1.20. The standard InChI is InChI=1S/C12H15BrN4S/c1-2-3-15-11(12-8-16-17-18-12)5-9-4-10(13)7-14-6-9/h4,6-8,11,15H,2-3,5H2,1H3. The van der Waals surface area contributed by atoms with Gasteiger partial charge in [-0.25, -0.2) is 0 Å². The number of nitrogens with one attached hydrogen (secondary N) is 1. The summed E-state index contributed by atoms with van der Waals surface area (Å²) in [4.78, 5) is 5.37. The summed E-state index contributed by atoms with van der Waals surface area (Å²) in [7, 11) is 0. The maximum Gasteiger partial charge on any atom is 0.0669 e. The van der Waals surface area contributed by atoms with Gasteiger partial charge in [-0.2, -0.15) is 0 Å². The molecule has 6 heteroatoms. The summed E-state index contributed by atoms with van der Waals surface area (Å²) in [6.45, 7) is 3.15. The van der Waals surface area contributed by atoms with Gasteiger partial charge in [-0.05, 0) is 58.5 Å². The topological polar surface area (TPSA) is 50.7 Å². The van der Waals surface area contributed by atoms with Crippen LogP contribution >= 0.6 is 27.5 Å². The molecule has 2 aromatic heterocycles. The van der Waals surface area contributed by atoms with E-state index in [2.05, 4.69) is 48.8 Å². The maximum atomic E-state index is 4.20. The zero-order chi connectivity index (χ0) is 12.8. The van der Waals surface area contributed by atoms with Crippen LogP contribution in [-0.2, 0) is 6.42 Å². The number of aromatic nitrogens is 3. The molecule has 18 heavy (non-hydrogen) atoms. The monoisotopic (exact) mass is 326 g/mol. The van der Waals surface area contributed by atoms with Gasteiger partial charge in [-0.15, -0.1) is 5.10 Å². The van der Waals surface area contributed by atoms with Gasteiger partial charge in [0.25, 0.3) is 0 Å². The molecule has 0 spiro atoms. The quantitative estimate of drug-likeness (QED) is 0.886. The molecule has 0 amide bonds. The lowest BCUT2D eigenvalue weighted by Gasteiger charge is -2.16. The van der Waals surface area contributed by atoms with Crippen LogP contribution in [0.3, 0.4) is 0 Å². The highest BCUT2D eigenvalue weighted by Crippen LogP contribution is 2.21. The third-order valence-electron chi connectivity index (χ3n) is 2.56. The average molecular weight is 327 g/mol. The van der Waals surface area contributed by atoms with Gasteiger partial charge in [0.05, 0.1) is 11.1 Å². The Kier molecular flexibility index (Phi) is 5.22. The second-order valence-electron chi connectivity index (χ2n) is 4.04. The molecule has 1 unspecified atom stereocenters. The summed E-state index contributed by atoms with van der Waals surface area (Å²) in [5, 5.41) is 7.44. The average Bonchev–Trinajstić information content (AvgIpc) is 2.88. The van der Waals surface area contributed by atoms with Crippen molar-refractivity contribution in [2.24, 2.45) is 0 Å². The molecule has 1 N–H and O–H groups in total. The third kappa shape index (κ3) is 3.83. The van der Waals surface area contributed by atoms with Gasteiger partial charge >= 0.3 is 0 Å². The Balaban J connectivity index is 2.10. The summed E-state index contributed by atoms with van der Waals surface area (Å²) < 4.78 is 4.95. The molecule has 0 bridgehead atoms. The molecule has 0 aliphatic carbocycles. The molecule has 0 saturated heterocycles. The van der Waals surface area contributed by atoms with E-state index in [4.69, 9.17) is 0 Å². The fraction of sp³-hybridized carbons (Fsp3) is 0.417. The first kappa shape index (κ1) is 13.6. The third-order valence-corrected chi connectivity index (χ3v) is 3.77. The van der Waals surface area contributed by atoms with Crippen LogP contribution in [0.1, 0.15) is 29.8 Å². The van der Waals surface area contributed by atoms with Crippen LogP contribution < -0.4 is 5.32 Å². The number of pyridine rings is 1. The van der Waals surface area contributed by atoms with Crippen molar-refractivity contribution >= 4 is 27.5 Å². The molecular formula is C12H15BrN4S. The van der Waals surface area contributed by atoms with E-state index in [9.17, 15) is 0 Å². The van der Waals surface area contributed by atoms with Gasteiger partial charge in [-0.3, -0.25) is 4.98 Å². The number of rotatable bonds is 6. The predicted molar refractivity (Wildman–Crippen MR) is 76.6 cm³/mol. The highest BCUT2D eigenvalue weighted by atomic mass is 79.9. The molecule has 2 heterocycles. The van der Waals surface area contributed by atoms with Gasteiger partial charge in [0, 0.05) is 22.9 Å². The summed E-state index contributed by atoms with van der Waals surface area (Å²) >= 11 is 4.90. The lowest BCUT2D eigenvalue weighted by atomic mass is 10.1. The molecule has 0 saturated carbocycles. The van der Waals surface area contributed by atoms with Crippen LogP contribution in [0.2, 0.25) is 0 Å². The smallest absolute Gasteiger partial charge is 0.0669 e. The fourth-order valence-electron chi connectivity index (χ4n) is 1.72. The zero-order valence-corrected chi connectivity index (χ0v) is 12.5. The Labute approximate surface area is 119 Å². The maximum absolute atomic E-state index is 4.20. The highest BCUT2D eigenvalue weighted by molar-refractivity contribution is 9.10. The lowest BCUT2D eigenvalue weighted by Crippen LogP contribution is -2.23. The second-order valence-corrected chi connectivity index (χ2v) is 5.78. The van der Waals surface area contributed by atoms with Crippen molar-refractivity contribution in [2.75, 3.05) is 6.54 Å². The Morgan fingerprint density at radius 1 is 1.39 bits per heavy atom. The zero-order valence-electron chi connectivity index (χ0n) is 10.1. The van der Waals surface area contributed by atoms with Crippen LogP contribution in [-0.4, -0.2) is 21.1 Å². The number of halogens is 1. The van der Waals surface area contributed by atoms with E-state index >= 15 is 0 Å². The molecule has 2 rings (SSSR count). The van der Waals surface area contributed by atoms with Gasteiger partial charge < -0.3 is 5.32 Å². The van der Waals surface area contributed by atoms with Crippen molar-refractivity contribution in [3.05, 3.63) is 39.6 Å². The van der Waals surface area contributed by atoms with E-state index in [0.717, 1.165) is 23.9 Å². The molecule has 0 radical (unpaired) electrons. The molecule has 1 atom stereocenters. The molecule has 0 aliphatic rings. The van der Waals surface area contributed by atoms with Crippen LogP contribution in [0.4, 0.5) is 0 Å². The first-order valence-electron chi connectivity index (χ1n) is 5.89. The summed E-state index contributed by atoms with van der Waals surface area (Å²) in [5.74, 6) is 0. The van der Waals surface area contributed by atoms with E-state index in [-0.39, 0.29) is 6.04 Å². The molecule has 0 aliphatic heterocycles. The van der Waals surface area contributed by atoms with Crippen molar-refractivity contribution in [1.82, 2.24) is 19.9 Å². The highest BCUT2D eigenvalue weighted by Gasteiger charge is 2.14. The SMILES string of the molecule is CCCNC(Cc1cncc(Br)c1)c1cnns1. The second kappa shape index (κ2) is 6.92. The van der Waals surface area contributed by atoms with Crippen LogP contribution in [0, 0.1) is 0 Å². The van der Waals surface area contributed by atoms with E-state index in [1.165, 1.54) is 22.0 Å². The Hall–Kier alpha value is -0.850. The van der Waals surface area contributed by atoms with E-state index in [1.807, 2.05) is 12.4 Å². The van der Waals surface area contributed by atoms with Gasteiger partial charge in [0.1, 0.15) is 0 Å². The minimum Gasteiger partial charge on any atom is -0.309 e. The largest absolute Gasteiger partial charge is 0.309 e. The van der Waals surface area contributed by atoms with Crippen molar-refractivity contribution in [3.8, 4) is 0 Å². The van der Waals surface area contributed by atoms with Crippen molar-refractivity contribution in [3.63, 3.8) is 0 Å². The van der Waals surface area contributed by atoms with E-state index in [0.29, 0.717) is 0 Å². The lowest BCUT2D eigenvalue weighted by molar-refractivity contribution is 0.535. The normalized spacial score (nSPS) is 12.6. The Morgan fingerprint density at radius 2 is 2.28 bits per heavy atom. The molecular weight excluding hydrogens is 312 g/mol. The molecule has 0 fully saturated rings. The minimum atomic E-state index is 0.265. The first-order chi connectivity index (χ1) is 8.79. The van der Waals surface area contributed by atoms with E-state index in [1.54, 1.807) is 6.20 Å². The predicted octanol–water partition coefficient (Wildman–Crippen LogP) is 2.98.